The molecule has 0 saturated carbocycles. The van der Waals surface area contributed by atoms with Crippen molar-refractivity contribution >= 4 is 29.1 Å². The molecule has 1 heterocycles. The second-order valence-electron chi connectivity index (χ2n) is 4.60. The first-order chi connectivity index (χ1) is 9.95. The summed E-state index contributed by atoms with van der Waals surface area (Å²) in [5.74, 6) is -5.12. The average Bonchev–Trinajstić information content (AvgIpc) is 2.82. The first kappa shape index (κ1) is 14.7. The highest BCUT2D eigenvalue weighted by atomic mass is 16.6. The van der Waals surface area contributed by atoms with Crippen LogP contribution in [-0.4, -0.2) is 39.2 Å². The van der Waals surface area contributed by atoms with Crippen molar-refractivity contribution in [2.24, 2.45) is 0 Å². The van der Waals surface area contributed by atoms with Crippen molar-refractivity contribution in [2.75, 3.05) is 0 Å². The van der Waals surface area contributed by atoms with Gasteiger partial charge in [0.1, 0.15) is 0 Å². The fraction of sp³-hybridized carbons (Fsp3) is 0.214. The molecule has 1 aromatic carbocycles. The molecule has 0 fully saturated rings. The number of ketones is 1. The smallest absolute Gasteiger partial charge is 0.372 e. The normalized spacial score (nSPS) is 13.6. The Bertz CT molecular complexity index is 692. The number of H-pyrrole nitrogens is 1. The van der Waals surface area contributed by atoms with Gasteiger partial charge in [0.2, 0.25) is 11.6 Å². The summed E-state index contributed by atoms with van der Waals surface area (Å²) in [6, 6.07) is 7.23. The molecule has 2 rings (SSSR count). The van der Waals surface area contributed by atoms with Crippen molar-refractivity contribution in [2.45, 2.75) is 18.6 Å². The number of carboxylic acid groups (broad SMARTS) is 1. The quantitative estimate of drug-likeness (QED) is 0.391. The van der Waals surface area contributed by atoms with Crippen LogP contribution in [0.1, 0.15) is 12.0 Å². The lowest BCUT2D eigenvalue weighted by Crippen LogP contribution is -2.39. The zero-order chi connectivity index (χ0) is 15.5. The van der Waals surface area contributed by atoms with Gasteiger partial charge in [-0.25, -0.2) is 4.79 Å². The van der Waals surface area contributed by atoms with E-state index in [2.05, 4.69) is 9.72 Å². The van der Waals surface area contributed by atoms with E-state index in [0.717, 1.165) is 10.9 Å². The van der Waals surface area contributed by atoms with E-state index in [1.807, 2.05) is 12.1 Å². The summed E-state index contributed by atoms with van der Waals surface area (Å²) < 4.78 is 4.55. The molecule has 2 aromatic rings. The number of aromatic nitrogens is 1. The molecule has 0 aliphatic carbocycles. The molecule has 0 spiro atoms. The van der Waals surface area contributed by atoms with Crippen LogP contribution in [0, 0.1) is 0 Å². The number of nitrogens with one attached hydrogen (secondary N) is 1. The van der Waals surface area contributed by atoms with Crippen LogP contribution in [0.25, 0.3) is 10.9 Å². The van der Waals surface area contributed by atoms with Crippen molar-refractivity contribution in [3.05, 3.63) is 36.0 Å². The van der Waals surface area contributed by atoms with Gasteiger partial charge in [-0.1, -0.05) is 18.2 Å². The lowest BCUT2D eigenvalue weighted by Gasteiger charge is -2.24. The molecule has 0 saturated heterocycles. The maximum absolute atomic E-state index is 11.3. The van der Waals surface area contributed by atoms with E-state index in [1.165, 1.54) is 0 Å². The Kier molecular flexibility index (Phi) is 4.04. The third-order valence-corrected chi connectivity index (χ3v) is 3.08. The molecule has 1 aromatic heterocycles. The Hall–Kier alpha value is -2.67. The monoisotopic (exact) mass is 291 g/mol. The van der Waals surface area contributed by atoms with Gasteiger partial charge in [-0.05, 0) is 11.6 Å². The number of Topliss-reactive ketones (excluding diaryl/α,β-unsaturated/α-hetero) is 1. The second-order valence-corrected chi connectivity index (χ2v) is 4.60. The summed E-state index contributed by atoms with van der Waals surface area (Å²) in [7, 11) is 0. The van der Waals surface area contributed by atoms with Gasteiger partial charge in [-0.2, -0.15) is 0 Å². The number of hydrogen-bond acceptors (Lipinski definition) is 5. The highest BCUT2D eigenvalue weighted by Crippen LogP contribution is 2.25. The number of aliphatic carboxylic acids is 1. The minimum absolute atomic E-state index is 0.00995. The molecule has 0 unspecified atom stereocenters. The molecule has 0 bridgehead atoms. The molecule has 7 nitrogen and oxygen atoms in total. The predicted octanol–water partition coefficient (Wildman–Crippen LogP) is 0.616. The molecular weight excluding hydrogens is 278 g/mol. The summed E-state index contributed by atoms with van der Waals surface area (Å²) in [6.07, 6.45) is 0.588. The van der Waals surface area contributed by atoms with E-state index >= 15 is 0 Å². The number of rotatable bonds is 7. The molecule has 0 radical (unpaired) electrons. The molecule has 0 amide bonds. The zero-order valence-electron chi connectivity index (χ0n) is 10.9. The van der Waals surface area contributed by atoms with E-state index in [0.29, 0.717) is 5.56 Å². The van der Waals surface area contributed by atoms with Crippen LogP contribution in [-0.2, 0) is 25.5 Å². The van der Waals surface area contributed by atoms with Crippen LogP contribution in [0.15, 0.2) is 30.5 Å². The van der Waals surface area contributed by atoms with Crippen molar-refractivity contribution in [1.82, 2.24) is 4.98 Å². The summed E-state index contributed by atoms with van der Waals surface area (Å²) in [5.41, 5.74) is 1.42. The van der Waals surface area contributed by atoms with E-state index < -0.39 is 24.0 Å². The highest BCUT2D eigenvalue weighted by molar-refractivity contribution is 6.32. The molecule has 3 N–H and O–H groups in total. The number of carbonyl (C=O) groups is 3. The summed E-state index contributed by atoms with van der Waals surface area (Å²) >= 11 is 0. The topological polar surface area (TPSA) is 117 Å². The van der Waals surface area contributed by atoms with Gasteiger partial charge in [0.05, 0.1) is 6.42 Å². The van der Waals surface area contributed by atoms with Gasteiger partial charge in [0, 0.05) is 23.5 Å². The Morgan fingerprint density at radius 3 is 2.71 bits per heavy atom. The van der Waals surface area contributed by atoms with Crippen molar-refractivity contribution in [3.8, 4) is 0 Å². The number of benzene rings is 1. The van der Waals surface area contributed by atoms with Gasteiger partial charge in [0.25, 0.3) is 6.47 Å². The first-order valence-corrected chi connectivity index (χ1v) is 6.10. The fourth-order valence-electron chi connectivity index (χ4n) is 2.14. The van der Waals surface area contributed by atoms with Gasteiger partial charge in [-0.3, -0.25) is 9.59 Å². The SMILES string of the molecule is O=CO[C@@](O)(CC(=O)C(=O)O)Cc1c[nH]c2ccccc12. The Morgan fingerprint density at radius 1 is 1.33 bits per heavy atom. The van der Waals surface area contributed by atoms with Gasteiger partial charge in [0.15, 0.2) is 0 Å². The van der Waals surface area contributed by atoms with Crippen molar-refractivity contribution in [1.29, 1.82) is 0 Å². The lowest BCUT2D eigenvalue weighted by molar-refractivity contribution is -0.199. The van der Waals surface area contributed by atoms with Gasteiger partial charge in [-0.15, -0.1) is 0 Å². The largest absolute Gasteiger partial charge is 0.475 e. The standard InChI is InChI=1S/C14H13NO6/c16-8-21-14(20,6-12(17)13(18)19)5-9-7-15-11-4-2-1-3-10(9)11/h1-4,7-8,15,20H,5-6H2,(H,18,19)/t14-/m1/s1. The fourth-order valence-corrected chi connectivity index (χ4v) is 2.14. The van der Waals surface area contributed by atoms with Crippen LogP contribution in [0.2, 0.25) is 0 Å². The maximum atomic E-state index is 11.3. The molecular formula is C14H13NO6. The summed E-state index contributed by atoms with van der Waals surface area (Å²) in [6.45, 7) is -0.00995. The Labute approximate surface area is 119 Å². The van der Waals surface area contributed by atoms with Crippen LogP contribution in [0.5, 0.6) is 0 Å². The zero-order valence-corrected chi connectivity index (χ0v) is 10.9. The molecule has 1 atom stereocenters. The molecule has 0 aliphatic rings. The third kappa shape index (κ3) is 3.26. The minimum Gasteiger partial charge on any atom is -0.475 e. The van der Waals surface area contributed by atoms with Gasteiger partial charge < -0.3 is 19.9 Å². The number of fused-ring (bicyclic) bond motifs is 1. The summed E-state index contributed by atoms with van der Waals surface area (Å²) in [4.78, 5) is 35.3. The van der Waals surface area contributed by atoms with Gasteiger partial charge >= 0.3 is 5.97 Å². The number of aliphatic hydroxyl groups is 1. The second kappa shape index (κ2) is 5.76. The van der Waals surface area contributed by atoms with Crippen LogP contribution in [0.3, 0.4) is 0 Å². The van der Waals surface area contributed by atoms with E-state index in [9.17, 15) is 19.5 Å². The number of aromatic amines is 1. The van der Waals surface area contributed by atoms with E-state index in [4.69, 9.17) is 5.11 Å². The van der Waals surface area contributed by atoms with E-state index in [-0.39, 0.29) is 12.9 Å². The third-order valence-electron chi connectivity index (χ3n) is 3.08. The number of hydrogen-bond donors (Lipinski definition) is 3. The maximum Gasteiger partial charge on any atom is 0.372 e. The first-order valence-electron chi connectivity index (χ1n) is 6.10. The van der Waals surface area contributed by atoms with Crippen molar-refractivity contribution in [3.63, 3.8) is 0 Å². The molecule has 0 aliphatic heterocycles. The Morgan fingerprint density at radius 2 is 2.05 bits per heavy atom. The lowest BCUT2D eigenvalue weighted by atomic mass is 9.99. The van der Waals surface area contributed by atoms with Crippen LogP contribution < -0.4 is 0 Å². The minimum atomic E-state index is -2.19. The molecule has 21 heavy (non-hydrogen) atoms. The summed E-state index contributed by atoms with van der Waals surface area (Å²) in [5, 5.41) is 19.6. The Balaban J connectivity index is 2.28. The van der Waals surface area contributed by atoms with Crippen molar-refractivity contribution < 1.29 is 29.3 Å². The highest BCUT2D eigenvalue weighted by Gasteiger charge is 2.35. The van der Waals surface area contributed by atoms with Crippen LogP contribution in [0.4, 0.5) is 0 Å². The molecule has 7 heteroatoms. The van der Waals surface area contributed by atoms with E-state index in [1.54, 1.807) is 18.3 Å². The van der Waals surface area contributed by atoms with Crippen LogP contribution >= 0.6 is 0 Å². The number of carboxylic acids is 1. The predicted molar refractivity (Wildman–Crippen MR) is 71.4 cm³/mol. The number of carbonyl (C=O) groups excluding carboxylic acids is 2. The average molecular weight is 291 g/mol. The number of ether oxygens (including phenoxy) is 1. The molecule has 110 valence electrons. The number of para-hydroxylation sites is 1.